The summed E-state index contributed by atoms with van der Waals surface area (Å²) in [7, 11) is 0. The molecule has 0 unspecified atom stereocenters. The number of hydrogen-bond donors (Lipinski definition) is 1. The number of anilines is 1. The Hall–Kier alpha value is -1.63. The van der Waals surface area contributed by atoms with Crippen LogP contribution in [0.4, 0.5) is 14.5 Å². The van der Waals surface area contributed by atoms with E-state index in [4.69, 9.17) is 5.26 Å². The molecule has 0 aliphatic carbocycles. The maximum atomic E-state index is 13.3. The van der Waals surface area contributed by atoms with Gasteiger partial charge in [-0.15, -0.1) is 0 Å². The van der Waals surface area contributed by atoms with Gasteiger partial charge in [-0.3, -0.25) is 0 Å². The van der Waals surface area contributed by atoms with Gasteiger partial charge < -0.3 is 5.32 Å². The van der Waals surface area contributed by atoms with Crippen molar-refractivity contribution in [1.29, 1.82) is 5.26 Å². The Kier molecular flexibility index (Phi) is 4.04. The summed E-state index contributed by atoms with van der Waals surface area (Å²) in [5.74, 6) is -1.44. The van der Waals surface area contributed by atoms with Gasteiger partial charge >= 0.3 is 0 Å². The Morgan fingerprint density at radius 3 is 2.40 bits per heavy atom. The van der Waals surface area contributed by atoms with E-state index in [0.29, 0.717) is 6.54 Å². The van der Waals surface area contributed by atoms with Crippen LogP contribution in [0.5, 0.6) is 0 Å². The minimum Gasteiger partial charge on any atom is -0.380 e. The third kappa shape index (κ3) is 2.91. The normalized spacial score (nSPS) is 9.73. The first-order valence-electron chi connectivity index (χ1n) is 4.82. The molecule has 1 aromatic rings. The summed E-state index contributed by atoms with van der Waals surface area (Å²) in [6.45, 7) is 2.52. The van der Waals surface area contributed by atoms with Gasteiger partial charge in [0.1, 0.15) is 5.69 Å². The number of unbranched alkanes of at least 4 members (excludes halogenated alkanes) is 1. The highest BCUT2D eigenvalue weighted by Gasteiger charge is 2.10. The molecule has 0 aliphatic heterocycles. The van der Waals surface area contributed by atoms with Crippen LogP contribution in [0.15, 0.2) is 12.1 Å². The predicted octanol–water partition coefficient (Wildman–Crippen LogP) is 3.05. The van der Waals surface area contributed by atoms with Crippen LogP contribution in [0.2, 0.25) is 0 Å². The number of hydrogen-bond acceptors (Lipinski definition) is 2. The van der Waals surface area contributed by atoms with Gasteiger partial charge in [0, 0.05) is 6.54 Å². The van der Waals surface area contributed by atoms with E-state index in [1.807, 2.05) is 6.92 Å². The summed E-state index contributed by atoms with van der Waals surface area (Å²) < 4.78 is 26.5. The number of nitriles is 1. The van der Waals surface area contributed by atoms with Crippen molar-refractivity contribution in [2.24, 2.45) is 0 Å². The highest BCUT2D eigenvalue weighted by atomic mass is 19.1. The molecule has 0 amide bonds. The summed E-state index contributed by atoms with van der Waals surface area (Å²) in [5, 5.41) is 11.2. The molecular weight excluding hydrogens is 198 g/mol. The number of rotatable bonds is 4. The predicted molar refractivity (Wildman–Crippen MR) is 54.5 cm³/mol. The number of nitrogens with one attached hydrogen (secondary N) is 1. The molecule has 0 bridgehead atoms. The molecule has 0 saturated heterocycles. The SMILES string of the molecule is CCCCNc1c(F)cc(C#N)cc1F. The average Bonchev–Trinajstić information content (AvgIpc) is 2.22. The van der Waals surface area contributed by atoms with Gasteiger partial charge in [-0.2, -0.15) is 5.26 Å². The molecular formula is C11H12F2N2. The van der Waals surface area contributed by atoms with Crippen molar-refractivity contribution in [3.8, 4) is 6.07 Å². The molecule has 4 heteroatoms. The Labute approximate surface area is 87.5 Å². The van der Waals surface area contributed by atoms with E-state index in [9.17, 15) is 8.78 Å². The Bertz CT molecular complexity index is 360. The van der Waals surface area contributed by atoms with Crippen molar-refractivity contribution in [2.45, 2.75) is 19.8 Å². The van der Waals surface area contributed by atoms with E-state index >= 15 is 0 Å². The van der Waals surface area contributed by atoms with E-state index in [1.165, 1.54) is 0 Å². The maximum Gasteiger partial charge on any atom is 0.150 e. The van der Waals surface area contributed by atoms with Gasteiger partial charge in [0.15, 0.2) is 11.6 Å². The molecule has 0 heterocycles. The molecule has 1 N–H and O–H groups in total. The first-order chi connectivity index (χ1) is 7.19. The minimum absolute atomic E-state index is 0.00829. The average molecular weight is 210 g/mol. The molecule has 1 rings (SSSR count). The van der Waals surface area contributed by atoms with Crippen LogP contribution < -0.4 is 5.32 Å². The molecule has 15 heavy (non-hydrogen) atoms. The first kappa shape index (κ1) is 11.4. The summed E-state index contributed by atoms with van der Waals surface area (Å²) in [6, 6.07) is 3.75. The second kappa shape index (κ2) is 5.30. The molecule has 0 fully saturated rings. The zero-order valence-electron chi connectivity index (χ0n) is 8.48. The van der Waals surface area contributed by atoms with Gasteiger partial charge in [-0.25, -0.2) is 8.78 Å². The van der Waals surface area contributed by atoms with Gasteiger partial charge in [-0.05, 0) is 18.6 Å². The second-order valence-corrected chi connectivity index (χ2v) is 3.21. The molecule has 0 radical (unpaired) electrons. The maximum absolute atomic E-state index is 13.3. The van der Waals surface area contributed by atoms with Crippen molar-refractivity contribution in [3.05, 3.63) is 29.3 Å². The number of nitrogens with zero attached hydrogens (tertiary/aromatic N) is 1. The van der Waals surface area contributed by atoms with Crippen LogP contribution in [-0.4, -0.2) is 6.54 Å². The van der Waals surface area contributed by atoms with Crippen LogP contribution in [-0.2, 0) is 0 Å². The van der Waals surface area contributed by atoms with Gasteiger partial charge in [0.2, 0.25) is 0 Å². The van der Waals surface area contributed by atoms with Gasteiger partial charge in [0.05, 0.1) is 11.6 Å². The summed E-state index contributed by atoms with van der Waals surface area (Å²) in [5.41, 5.74) is -0.159. The summed E-state index contributed by atoms with van der Waals surface area (Å²) in [6.07, 6.45) is 1.80. The zero-order valence-corrected chi connectivity index (χ0v) is 8.48. The lowest BCUT2D eigenvalue weighted by molar-refractivity contribution is 0.586. The Morgan fingerprint density at radius 2 is 1.93 bits per heavy atom. The van der Waals surface area contributed by atoms with Crippen LogP contribution in [0, 0.1) is 23.0 Å². The Balaban J connectivity index is 2.85. The van der Waals surface area contributed by atoms with Crippen molar-refractivity contribution in [2.75, 3.05) is 11.9 Å². The number of halogens is 2. The van der Waals surface area contributed by atoms with E-state index in [1.54, 1.807) is 6.07 Å². The third-order valence-corrected chi connectivity index (χ3v) is 2.00. The lowest BCUT2D eigenvalue weighted by Gasteiger charge is -2.08. The Morgan fingerprint density at radius 1 is 1.33 bits per heavy atom. The van der Waals surface area contributed by atoms with Gasteiger partial charge in [0.25, 0.3) is 0 Å². The van der Waals surface area contributed by atoms with E-state index in [-0.39, 0.29) is 11.3 Å². The molecule has 0 atom stereocenters. The fourth-order valence-electron chi connectivity index (χ4n) is 1.20. The summed E-state index contributed by atoms with van der Waals surface area (Å²) >= 11 is 0. The third-order valence-electron chi connectivity index (χ3n) is 2.00. The largest absolute Gasteiger partial charge is 0.380 e. The monoisotopic (exact) mass is 210 g/mol. The molecule has 80 valence electrons. The fraction of sp³-hybridized carbons (Fsp3) is 0.364. The quantitative estimate of drug-likeness (QED) is 0.775. The molecule has 2 nitrogen and oxygen atoms in total. The van der Waals surface area contributed by atoms with Gasteiger partial charge in [-0.1, -0.05) is 13.3 Å². The topological polar surface area (TPSA) is 35.8 Å². The second-order valence-electron chi connectivity index (χ2n) is 3.21. The first-order valence-corrected chi connectivity index (χ1v) is 4.82. The van der Waals surface area contributed by atoms with Crippen molar-refractivity contribution < 1.29 is 8.78 Å². The van der Waals surface area contributed by atoms with E-state index in [0.717, 1.165) is 25.0 Å². The van der Waals surface area contributed by atoms with Crippen LogP contribution in [0.3, 0.4) is 0 Å². The van der Waals surface area contributed by atoms with Crippen LogP contribution in [0.25, 0.3) is 0 Å². The smallest absolute Gasteiger partial charge is 0.150 e. The zero-order chi connectivity index (χ0) is 11.3. The number of benzene rings is 1. The molecule has 0 saturated carbocycles. The molecule has 1 aromatic carbocycles. The van der Waals surface area contributed by atoms with E-state index in [2.05, 4.69) is 5.32 Å². The standard InChI is InChI=1S/C11H12F2N2/c1-2-3-4-15-11-9(12)5-8(7-14)6-10(11)13/h5-6,15H,2-4H2,1H3. The minimum atomic E-state index is -0.720. The molecule has 0 aromatic heterocycles. The molecule has 0 aliphatic rings. The van der Waals surface area contributed by atoms with Crippen LogP contribution in [0.1, 0.15) is 25.3 Å². The lowest BCUT2D eigenvalue weighted by atomic mass is 10.2. The highest BCUT2D eigenvalue weighted by Crippen LogP contribution is 2.20. The lowest BCUT2D eigenvalue weighted by Crippen LogP contribution is -2.05. The van der Waals surface area contributed by atoms with E-state index < -0.39 is 11.6 Å². The fourth-order valence-corrected chi connectivity index (χ4v) is 1.20. The van der Waals surface area contributed by atoms with Crippen molar-refractivity contribution >= 4 is 5.69 Å². The van der Waals surface area contributed by atoms with Crippen LogP contribution >= 0.6 is 0 Å². The van der Waals surface area contributed by atoms with Crippen molar-refractivity contribution in [3.63, 3.8) is 0 Å². The molecule has 0 spiro atoms. The van der Waals surface area contributed by atoms with Crippen molar-refractivity contribution in [1.82, 2.24) is 0 Å². The summed E-state index contributed by atoms with van der Waals surface area (Å²) in [4.78, 5) is 0. The highest BCUT2D eigenvalue weighted by molar-refractivity contribution is 5.50.